The van der Waals surface area contributed by atoms with Gasteiger partial charge in [0.1, 0.15) is 0 Å². The highest BCUT2D eigenvalue weighted by atomic mass is 32.1. The highest BCUT2D eigenvalue weighted by Crippen LogP contribution is 2.20. The monoisotopic (exact) mass is 271 g/mol. The van der Waals surface area contributed by atoms with E-state index in [9.17, 15) is 9.59 Å². The molecule has 0 aromatic carbocycles. The van der Waals surface area contributed by atoms with E-state index in [0.29, 0.717) is 32.4 Å². The molecule has 1 unspecified atom stereocenters. The minimum Gasteiger partial charge on any atom is -0.393 e. The number of thiocarbonyl (C=S) groups is 1. The quantitative estimate of drug-likeness (QED) is 0.709. The highest BCUT2D eigenvalue weighted by molar-refractivity contribution is 7.80. The number of piperidine rings is 1. The Morgan fingerprint density at radius 3 is 2.28 bits per heavy atom. The fourth-order valence-electron chi connectivity index (χ4n) is 2.28. The summed E-state index contributed by atoms with van der Waals surface area (Å²) < 4.78 is 0. The van der Waals surface area contributed by atoms with Crippen molar-refractivity contribution in [3.63, 3.8) is 0 Å². The van der Waals surface area contributed by atoms with Gasteiger partial charge in [0.25, 0.3) is 0 Å². The van der Waals surface area contributed by atoms with Gasteiger partial charge in [-0.1, -0.05) is 25.6 Å². The van der Waals surface area contributed by atoms with Gasteiger partial charge in [-0.3, -0.25) is 9.59 Å². The van der Waals surface area contributed by atoms with Crippen LogP contribution in [-0.2, 0) is 9.59 Å². The van der Waals surface area contributed by atoms with Crippen LogP contribution in [0.15, 0.2) is 0 Å². The molecule has 0 saturated carbocycles. The molecular formula is C12H21N3O2S. The fourth-order valence-corrected chi connectivity index (χ4v) is 2.50. The normalized spacial score (nSPS) is 18.4. The van der Waals surface area contributed by atoms with Crippen molar-refractivity contribution in [3.05, 3.63) is 0 Å². The van der Waals surface area contributed by atoms with Gasteiger partial charge < -0.3 is 16.4 Å². The number of likely N-dealkylation sites (tertiary alicyclic amines) is 1. The van der Waals surface area contributed by atoms with Crippen LogP contribution < -0.4 is 11.5 Å². The SMILES string of the molecule is CCCC(C(=O)N1CCC(C(N)=O)CC1)C(N)=S. The predicted octanol–water partition coefficient (Wildman–Crippen LogP) is 0.413. The molecule has 1 aliphatic heterocycles. The van der Waals surface area contributed by atoms with Crippen molar-refractivity contribution in [2.75, 3.05) is 13.1 Å². The predicted molar refractivity (Wildman–Crippen MR) is 73.7 cm³/mol. The number of hydrogen-bond acceptors (Lipinski definition) is 3. The number of carbonyl (C=O) groups excluding carboxylic acids is 2. The van der Waals surface area contributed by atoms with Crippen molar-refractivity contribution in [2.24, 2.45) is 23.3 Å². The van der Waals surface area contributed by atoms with Crippen LogP contribution in [0, 0.1) is 11.8 Å². The van der Waals surface area contributed by atoms with E-state index >= 15 is 0 Å². The van der Waals surface area contributed by atoms with E-state index in [4.69, 9.17) is 23.7 Å². The average molecular weight is 271 g/mol. The van der Waals surface area contributed by atoms with Gasteiger partial charge in [-0.05, 0) is 19.3 Å². The molecule has 5 nitrogen and oxygen atoms in total. The van der Waals surface area contributed by atoms with E-state index < -0.39 is 0 Å². The van der Waals surface area contributed by atoms with Crippen molar-refractivity contribution < 1.29 is 9.59 Å². The maximum absolute atomic E-state index is 12.2. The molecule has 1 aliphatic rings. The van der Waals surface area contributed by atoms with Crippen LogP contribution in [0.4, 0.5) is 0 Å². The summed E-state index contributed by atoms with van der Waals surface area (Å²) in [4.78, 5) is 25.3. The van der Waals surface area contributed by atoms with Crippen molar-refractivity contribution >= 4 is 29.0 Å². The van der Waals surface area contributed by atoms with Crippen molar-refractivity contribution in [1.82, 2.24) is 4.90 Å². The smallest absolute Gasteiger partial charge is 0.232 e. The molecule has 102 valence electrons. The first-order valence-corrected chi connectivity index (χ1v) is 6.75. The lowest BCUT2D eigenvalue weighted by molar-refractivity contribution is -0.136. The third-order valence-electron chi connectivity index (χ3n) is 3.43. The number of primary amides is 1. The van der Waals surface area contributed by atoms with Gasteiger partial charge in [-0.15, -0.1) is 0 Å². The van der Waals surface area contributed by atoms with Crippen LogP contribution in [0.3, 0.4) is 0 Å². The number of rotatable bonds is 5. The Hall–Kier alpha value is -1.17. The largest absolute Gasteiger partial charge is 0.393 e. The Morgan fingerprint density at radius 1 is 1.33 bits per heavy atom. The summed E-state index contributed by atoms with van der Waals surface area (Å²) >= 11 is 4.95. The topological polar surface area (TPSA) is 89.4 Å². The second-order valence-electron chi connectivity index (χ2n) is 4.75. The second kappa shape index (κ2) is 6.68. The van der Waals surface area contributed by atoms with E-state index in [1.54, 1.807) is 4.90 Å². The molecule has 1 atom stereocenters. The van der Waals surface area contributed by atoms with E-state index in [0.717, 1.165) is 6.42 Å². The number of amides is 2. The van der Waals surface area contributed by atoms with E-state index in [1.807, 2.05) is 6.92 Å². The lowest BCUT2D eigenvalue weighted by Crippen LogP contribution is -2.46. The van der Waals surface area contributed by atoms with Gasteiger partial charge in [-0.25, -0.2) is 0 Å². The first kappa shape index (κ1) is 14.9. The number of nitrogens with two attached hydrogens (primary N) is 2. The van der Waals surface area contributed by atoms with Gasteiger partial charge in [-0.2, -0.15) is 0 Å². The van der Waals surface area contributed by atoms with Gasteiger partial charge >= 0.3 is 0 Å². The summed E-state index contributed by atoms with van der Waals surface area (Å²) in [5.74, 6) is -0.757. The van der Waals surface area contributed by atoms with Gasteiger partial charge in [0.2, 0.25) is 11.8 Å². The summed E-state index contributed by atoms with van der Waals surface area (Å²) in [6.45, 7) is 3.13. The van der Waals surface area contributed by atoms with Crippen LogP contribution in [0.25, 0.3) is 0 Å². The molecule has 4 N–H and O–H groups in total. The number of nitrogens with zero attached hydrogens (tertiary/aromatic N) is 1. The maximum atomic E-state index is 12.2. The molecule has 6 heteroatoms. The van der Waals surface area contributed by atoms with Gasteiger partial charge in [0.05, 0.1) is 10.9 Å². The van der Waals surface area contributed by atoms with Crippen LogP contribution in [0.2, 0.25) is 0 Å². The highest BCUT2D eigenvalue weighted by Gasteiger charge is 2.30. The van der Waals surface area contributed by atoms with Crippen molar-refractivity contribution in [2.45, 2.75) is 32.6 Å². The van der Waals surface area contributed by atoms with Gasteiger partial charge in [0.15, 0.2) is 0 Å². The zero-order chi connectivity index (χ0) is 13.7. The summed E-state index contributed by atoms with van der Waals surface area (Å²) in [5.41, 5.74) is 10.9. The van der Waals surface area contributed by atoms with E-state index in [1.165, 1.54) is 0 Å². The molecular weight excluding hydrogens is 250 g/mol. The summed E-state index contributed by atoms with van der Waals surface area (Å²) in [6.07, 6.45) is 2.82. The Kier molecular flexibility index (Phi) is 5.53. The lowest BCUT2D eigenvalue weighted by atomic mass is 9.94. The minimum absolute atomic E-state index is 0.00716. The molecule has 0 spiro atoms. The first-order chi connectivity index (χ1) is 8.47. The molecule has 1 rings (SSSR count). The number of carbonyl (C=O) groups is 2. The Balaban J connectivity index is 2.58. The minimum atomic E-state index is -0.366. The zero-order valence-electron chi connectivity index (χ0n) is 10.7. The second-order valence-corrected chi connectivity index (χ2v) is 5.22. The average Bonchev–Trinajstić information content (AvgIpc) is 2.35. The molecule has 2 amide bonds. The third-order valence-corrected chi connectivity index (χ3v) is 3.71. The molecule has 0 aromatic heterocycles. The Morgan fingerprint density at radius 2 is 1.89 bits per heavy atom. The maximum Gasteiger partial charge on any atom is 0.232 e. The van der Waals surface area contributed by atoms with E-state index in [-0.39, 0.29) is 28.6 Å². The number of hydrogen-bond donors (Lipinski definition) is 2. The molecule has 18 heavy (non-hydrogen) atoms. The van der Waals surface area contributed by atoms with Crippen molar-refractivity contribution in [3.8, 4) is 0 Å². The Bertz CT molecular complexity index is 338. The molecule has 1 saturated heterocycles. The lowest BCUT2D eigenvalue weighted by Gasteiger charge is -2.33. The summed E-state index contributed by atoms with van der Waals surface area (Å²) in [7, 11) is 0. The summed E-state index contributed by atoms with van der Waals surface area (Å²) in [5, 5.41) is 0. The molecule has 0 aromatic rings. The standard InChI is InChI=1S/C12H21N3O2S/c1-2-3-9(11(14)18)12(17)15-6-4-8(5-7-15)10(13)16/h8-9H,2-7H2,1H3,(H2,13,16)(H2,14,18). The molecule has 1 fully saturated rings. The molecule has 1 heterocycles. The molecule has 0 aliphatic carbocycles. The molecule has 0 bridgehead atoms. The fraction of sp³-hybridized carbons (Fsp3) is 0.750. The molecule has 0 radical (unpaired) electrons. The summed E-state index contributed by atoms with van der Waals surface area (Å²) in [6, 6.07) is 0. The van der Waals surface area contributed by atoms with Crippen LogP contribution in [-0.4, -0.2) is 34.8 Å². The Labute approximate surface area is 113 Å². The first-order valence-electron chi connectivity index (χ1n) is 6.34. The third kappa shape index (κ3) is 3.66. The zero-order valence-corrected chi connectivity index (χ0v) is 11.5. The van der Waals surface area contributed by atoms with E-state index in [2.05, 4.69) is 0 Å². The van der Waals surface area contributed by atoms with Crippen LogP contribution >= 0.6 is 12.2 Å². The van der Waals surface area contributed by atoms with Crippen LogP contribution in [0.5, 0.6) is 0 Å². The van der Waals surface area contributed by atoms with Crippen LogP contribution in [0.1, 0.15) is 32.6 Å². The van der Waals surface area contributed by atoms with Crippen molar-refractivity contribution in [1.29, 1.82) is 0 Å². The van der Waals surface area contributed by atoms with Gasteiger partial charge in [0, 0.05) is 19.0 Å².